The number of benzene rings is 1. The van der Waals surface area contributed by atoms with Crippen LogP contribution in [0.4, 0.5) is 4.39 Å². The molecule has 1 N–H and O–H groups in total. The fourth-order valence-electron chi connectivity index (χ4n) is 1.66. The van der Waals surface area contributed by atoms with Gasteiger partial charge in [-0.3, -0.25) is 4.79 Å². The maximum Gasteiger partial charge on any atom is 0.307 e. The zero-order valence-electron chi connectivity index (χ0n) is 9.52. The quantitative estimate of drug-likeness (QED) is 0.948. The molecular weight excluding hydrogens is 303 g/mol. The van der Waals surface area contributed by atoms with Crippen molar-refractivity contribution in [3.8, 4) is 5.69 Å². The van der Waals surface area contributed by atoms with Gasteiger partial charge >= 0.3 is 5.97 Å². The van der Waals surface area contributed by atoms with E-state index in [1.807, 2.05) is 0 Å². The Morgan fingerprint density at radius 1 is 1.56 bits per heavy atom. The second-order valence-corrected chi connectivity index (χ2v) is 4.57. The van der Waals surface area contributed by atoms with Gasteiger partial charge in [-0.05, 0) is 41.1 Å². The van der Waals surface area contributed by atoms with E-state index in [1.54, 1.807) is 19.1 Å². The molecule has 1 aromatic heterocycles. The van der Waals surface area contributed by atoms with Crippen LogP contribution < -0.4 is 0 Å². The number of carboxylic acid groups (broad SMARTS) is 1. The largest absolute Gasteiger partial charge is 0.481 e. The molecular formula is C12H10BrFN2O2. The first-order valence-corrected chi connectivity index (χ1v) is 6.00. The first-order chi connectivity index (χ1) is 8.49. The predicted molar refractivity (Wildman–Crippen MR) is 67.3 cm³/mol. The van der Waals surface area contributed by atoms with Crippen molar-refractivity contribution in [2.45, 2.75) is 13.3 Å². The summed E-state index contributed by atoms with van der Waals surface area (Å²) in [6.07, 6.45) is -0.123. The lowest BCUT2D eigenvalue weighted by atomic mass is 10.2. The molecule has 6 heteroatoms. The number of carboxylic acids is 1. The number of hydrogen-bond acceptors (Lipinski definition) is 2. The van der Waals surface area contributed by atoms with Crippen molar-refractivity contribution in [3.63, 3.8) is 0 Å². The average molecular weight is 313 g/mol. The first kappa shape index (κ1) is 12.8. The highest BCUT2D eigenvalue weighted by atomic mass is 79.9. The molecule has 0 aliphatic rings. The summed E-state index contributed by atoms with van der Waals surface area (Å²) >= 11 is 3.31. The summed E-state index contributed by atoms with van der Waals surface area (Å²) in [6.45, 7) is 1.72. The third kappa shape index (κ3) is 2.43. The molecule has 0 aliphatic carbocycles. The van der Waals surface area contributed by atoms with Gasteiger partial charge in [-0.15, -0.1) is 0 Å². The fraction of sp³-hybridized carbons (Fsp3) is 0.167. The number of carbonyl (C=O) groups is 1. The Labute approximate surface area is 111 Å². The lowest BCUT2D eigenvalue weighted by Crippen LogP contribution is -2.01. The van der Waals surface area contributed by atoms with Crippen LogP contribution in [0.2, 0.25) is 0 Å². The molecule has 0 atom stereocenters. The molecule has 0 saturated carbocycles. The van der Waals surface area contributed by atoms with Crippen LogP contribution in [0.25, 0.3) is 5.69 Å². The van der Waals surface area contributed by atoms with Gasteiger partial charge in [-0.25, -0.2) is 9.07 Å². The Morgan fingerprint density at radius 3 is 2.89 bits per heavy atom. The zero-order chi connectivity index (χ0) is 13.3. The van der Waals surface area contributed by atoms with Crippen LogP contribution in [0.1, 0.15) is 11.3 Å². The maximum absolute atomic E-state index is 13.2. The van der Waals surface area contributed by atoms with Crippen LogP contribution in [-0.2, 0) is 11.2 Å². The van der Waals surface area contributed by atoms with Crippen molar-refractivity contribution in [1.29, 1.82) is 0 Å². The number of hydrogen-bond donors (Lipinski definition) is 1. The average Bonchev–Trinajstić information content (AvgIpc) is 2.56. The van der Waals surface area contributed by atoms with Gasteiger partial charge in [0.05, 0.1) is 17.8 Å². The normalized spacial score (nSPS) is 10.6. The van der Waals surface area contributed by atoms with E-state index < -0.39 is 5.97 Å². The summed E-state index contributed by atoms with van der Waals surface area (Å²) in [4.78, 5) is 10.8. The topological polar surface area (TPSA) is 55.1 Å². The number of rotatable bonds is 3. The minimum absolute atomic E-state index is 0.123. The molecule has 0 saturated heterocycles. The molecule has 0 unspecified atom stereocenters. The summed E-state index contributed by atoms with van der Waals surface area (Å²) in [5.41, 5.74) is 1.74. The summed E-state index contributed by atoms with van der Waals surface area (Å²) in [5, 5.41) is 13.0. The molecule has 1 aromatic carbocycles. The number of aryl methyl sites for hydroxylation is 1. The van der Waals surface area contributed by atoms with Gasteiger partial charge in [-0.1, -0.05) is 6.07 Å². The molecule has 0 aliphatic heterocycles. The van der Waals surface area contributed by atoms with Gasteiger partial charge in [-0.2, -0.15) is 5.10 Å². The van der Waals surface area contributed by atoms with E-state index in [0.29, 0.717) is 21.5 Å². The predicted octanol–water partition coefficient (Wildman–Crippen LogP) is 2.71. The molecule has 94 valence electrons. The molecule has 0 fully saturated rings. The molecule has 18 heavy (non-hydrogen) atoms. The van der Waals surface area contributed by atoms with E-state index in [0.717, 1.165) is 0 Å². The van der Waals surface area contributed by atoms with E-state index in [9.17, 15) is 9.18 Å². The van der Waals surface area contributed by atoms with E-state index in [-0.39, 0.29) is 12.2 Å². The molecule has 2 rings (SSSR count). The Morgan fingerprint density at radius 2 is 2.28 bits per heavy atom. The molecule has 0 bridgehead atoms. The van der Waals surface area contributed by atoms with Crippen molar-refractivity contribution in [2.75, 3.05) is 0 Å². The van der Waals surface area contributed by atoms with E-state index >= 15 is 0 Å². The summed E-state index contributed by atoms with van der Waals surface area (Å²) in [7, 11) is 0. The van der Waals surface area contributed by atoms with Crippen molar-refractivity contribution in [1.82, 2.24) is 9.78 Å². The van der Waals surface area contributed by atoms with Crippen molar-refractivity contribution in [2.24, 2.45) is 0 Å². The fourth-order valence-corrected chi connectivity index (χ4v) is 2.37. The second kappa shape index (κ2) is 4.89. The van der Waals surface area contributed by atoms with Gasteiger partial charge in [0.1, 0.15) is 10.4 Å². The molecule has 4 nitrogen and oxygen atoms in total. The third-order valence-corrected chi connectivity index (χ3v) is 3.32. The van der Waals surface area contributed by atoms with Crippen LogP contribution in [0.3, 0.4) is 0 Å². The highest BCUT2D eigenvalue weighted by Gasteiger charge is 2.16. The van der Waals surface area contributed by atoms with Crippen LogP contribution in [0.5, 0.6) is 0 Å². The SMILES string of the molecule is Cc1nn(-c2cccc(F)c2)c(Br)c1CC(=O)O. The highest BCUT2D eigenvalue weighted by molar-refractivity contribution is 9.10. The lowest BCUT2D eigenvalue weighted by Gasteiger charge is -2.03. The maximum atomic E-state index is 13.2. The van der Waals surface area contributed by atoms with E-state index in [1.165, 1.54) is 16.8 Å². The molecule has 0 amide bonds. The monoisotopic (exact) mass is 312 g/mol. The van der Waals surface area contributed by atoms with Crippen molar-refractivity contribution in [3.05, 3.63) is 45.9 Å². The highest BCUT2D eigenvalue weighted by Crippen LogP contribution is 2.24. The van der Waals surface area contributed by atoms with Gasteiger partial charge in [0.15, 0.2) is 0 Å². The summed E-state index contributed by atoms with van der Waals surface area (Å²) < 4.78 is 15.2. The van der Waals surface area contributed by atoms with E-state index in [4.69, 9.17) is 5.11 Å². The van der Waals surface area contributed by atoms with Crippen LogP contribution in [0.15, 0.2) is 28.9 Å². The Bertz CT molecular complexity index is 610. The molecule has 0 spiro atoms. The first-order valence-electron chi connectivity index (χ1n) is 5.20. The third-order valence-electron chi connectivity index (χ3n) is 2.50. The summed E-state index contributed by atoms with van der Waals surface area (Å²) in [6, 6.07) is 5.95. The van der Waals surface area contributed by atoms with Crippen LogP contribution >= 0.6 is 15.9 Å². The molecule has 0 radical (unpaired) electrons. The smallest absolute Gasteiger partial charge is 0.307 e. The number of halogens is 2. The van der Waals surface area contributed by atoms with E-state index in [2.05, 4.69) is 21.0 Å². The zero-order valence-corrected chi connectivity index (χ0v) is 11.1. The number of nitrogens with zero attached hydrogens (tertiary/aromatic N) is 2. The van der Waals surface area contributed by atoms with Crippen molar-refractivity contribution < 1.29 is 14.3 Å². The Balaban J connectivity index is 2.50. The molecule has 1 heterocycles. The van der Waals surface area contributed by atoms with Crippen LogP contribution in [-0.4, -0.2) is 20.9 Å². The Hall–Kier alpha value is -1.69. The van der Waals surface area contributed by atoms with Crippen molar-refractivity contribution >= 4 is 21.9 Å². The van der Waals surface area contributed by atoms with Gasteiger partial charge in [0.25, 0.3) is 0 Å². The number of aliphatic carboxylic acids is 1. The Kier molecular flexibility index (Phi) is 3.47. The van der Waals surface area contributed by atoms with Gasteiger partial charge in [0, 0.05) is 5.56 Å². The minimum atomic E-state index is -0.933. The van der Waals surface area contributed by atoms with Crippen LogP contribution in [0, 0.1) is 12.7 Å². The summed E-state index contributed by atoms with van der Waals surface area (Å²) in [5.74, 6) is -1.30. The lowest BCUT2D eigenvalue weighted by molar-refractivity contribution is -0.136. The molecule has 2 aromatic rings. The second-order valence-electron chi connectivity index (χ2n) is 3.82. The number of aromatic nitrogens is 2. The van der Waals surface area contributed by atoms with Gasteiger partial charge in [0.2, 0.25) is 0 Å². The van der Waals surface area contributed by atoms with Gasteiger partial charge < -0.3 is 5.11 Å². The standard InChI is InChI=1S/C12H10BrFN2O2/c1-7-10(6-11(17)18)12(13)16(15-7)9-4-2-3-8(14)5-9/h2-5H,6H2,1H3,(H,17,18). The minimum Gasteiger partial charge on any atom is -0.481 e.